The van der Waals surface area contributed by atoms with Crippen LogP contribution in [0.5, 0.6) is 0 Å². The number of carbonyl (C=O) groups excluding carboxylic acids is 2. The molecule has 2 rings (SSSR count). The quantitative estimate of drug-likeness (QED) is 0.815. The van der Waals surface area contributed by atoms with Gasteiger partial charge >= 0.3 is 5.97 Å². The summed E-state index contributed by atoms with van der Waals surface area (Å²) in [4.78, 5) is 37.2. The summed E-state index contributed by atoms with van der Waals surface area (Å²) in [6.45, 7) is 3.71. The average molecular weight is 383 g/mol. The molecule has 23 heavy (non-hydrogen) atoms. The second-order valence-electron chi connectivity index (χ2n) is 5.95. The number of hydrogen-bond acceptors (Lipinski definition) is 3. The Bertz CT molecular complexity index is 632. The summed E-state index contributed by atoms with van der Waals surface area (Å²) in [5.41, 5.74) is 0.721. The third kappa shape index (κ3) is 4.10. The Kier molecular flexibility index (Phi) is 5.41. The van der Waals surface area contributed by atoms with Gasteiger partial charge in [0.25, 0.3) is 0 Å². The first-order valence-electron chi connectivity index (χ1n) is 7.38. The van der Waals surface area contributed by atoms with Crippen molar-refractivity contribution in [3.8, 4) is 0 Å². The van der Waals surface area contributed by atoms with Crippen LogP contribution in [-0.4, -0.2) is 35.5 Å². The summed E-state index contributed by atoms with van der Waals surface area (Å²) in [5, 5.41) is 11.7. The summed E-state index contributed by atoms with van der Waals surface area (Å²) in [7, 11) is 0. The summed E-state index contributed by atoms with van der Waals surface area (Å²) in [5.74, 6) is -2.37. The first-order valence-corrected chi connectivity index (χ1v) is 8.18. The van der Waals surface area contributed by atoms with E-state index in [2.05, 4.69) is 21.2 Å². The Balaban J connectivity index is 2.07. The van der Waals surface area contributed by atoms with Crippen molar-refractivity contribution in [1.82, 2.24) is 5.32 Å². The van der Waals surface area contributed by atoms with E-state index in [1.54, 1.807) is 24.8 Å². The topological polar surface area (TPSA) is 86.7 Å². The molecule has 0 aromatic heterocycles. The molecule has 0 spiro atoms. The van der Waals surface area contributed by atoms with Crippen molar-refractivity contribution < 1.29 is 19.5 Å². The van der Waals surface area contributed by atoms with E-state index in [1.165, 1.54) is 0 Å². The number of amides is 2. The van der Waals surface area contributed by atoms with Crippen molar-refractivity contribution in [2.75, 3.05) is 11.4 Å². The molecule has 2 atom stereocenters. The highest BCUT2D eigenvalue weighted by molar-refractivity contribution is 9.10. The maximum Gasteiger partial charge on any atom is 0.326 e. The summed E-state index contributed by atoms with van der Waals surface area (Å²) in [6, 6.07) is 6.34. The maximum atomic E-state index is 12.3. The van der Waals surface area contributed by atoms with Crippen molar-refractivity contribution in [2.24, 2.45) is 11.8 Å². The number of halogens is 1. The lowest BCUT2D eigenvalue weighted by Gasteiger charge is -2.20. The van der Waals surface area contributed by atoms with E-state index in [0.717, 1.165) is 10.2 Å². The SMILES string of the molecule is CC(C)[C@@H](NC(=O)C1CC(=O)N(c2cccc(Br)c2)C1)C(=O)O. The predicted octanol–water partition coefficient (Wildman–Crippen LogP) is 2.03. The Morgan fingerprint density at radius 1 is 1.39 bits per heavy atom. The Hall–Kier alpha value is -1.89. The molecule has 1 aromatic carbocycles. The maximum absolute atomic E-state index is 12.3. The predicted molar refractivity (Wildman–Crippen MR) is 89.0 cm³/mol. The van der Waals surface area contributed by atoms with Crippen LogP contribution in [0.1, 0.15) is 20.3 Å². The highest BCUT2D eigenvalue weighted by Crippen LogP contribution is 2.27. The van der Waals surface area contributed by atoms with Crippen molar-refractivity contribution in [2.45, 2.75) is 26.3 Å². The fourth-order valence-electron chi connectivity index (χ4n) is 2.56. The number of benzene rings is 1. The number of nitrogens with one attached hydrogen (secondary N) is 1. The molecule has 2 N–H and O–H groups in total. The first kappa shape index (κ1) is 17.5. The minimum absolute atomic E-state index is 0.0861. The van der Waals surface area contributed by atoms with E-state index in [-0.39, 0.29) is 24.8 Å². The zero-order valence-corrected chi connectivity index (χ0v) is 14.5. The Morgan fingerprint density at radius 2 is 2.09 bits per heavy atom. The summed E-state index contributed by atoms with van der Waals surface area (Å²) >= 11 is 3.36. The van der Waals surface area contributed by atoms with Gasteiger partial charge in [-0.25, -0.2) is 4.79 Å². The molecule has 0 saturated carbocycles. The van der Waals surface area contributed by atoms with E-state index in [9.17, 15) is 14.4 Å². The number of carbonyl (C=O) groups is 3. The molecule has 1 saturated heterocycles. The number of carboxylic acid groups (broad SMARTS) is 1. The molecule has 7 heteroatoms. The molecule has 6 nitrogen and oxygen atoms in total. The minimum Gasteiger partial charge on any atom is -0.480 e. The number of carboxylic acids is 1. The van der Waals surface area contributed by atoms with Crippen LogP contribution in [0.15, 0.2) is 28.7 Å². The fourth-order valence-corrected chi connectivity index (χ4v) is 2.95. The van der Waals surface area contributed by atoms with Crippen LogP contribution in [0.25, 0.3) is 0 Å². The van der Waals surface area contributed by atoms with Gasteiger partial charge in [0.1, 0.15) is 6.04 Å². The first-order chi connectivity index (χ1) is 10.8. The smallest absolute Gasteiger partial charge is 0.326 e. The van der Waals surface area contributed by atoms with Crippen LogP contribution in [0.3, 0.4) is 0 Å². The molecule has 2 amide bonds. The Morgan fingerprint density at radius 3 is 2.65 bits per heavy atom. The summed E-state index contributed by atoms with van der Waals surface area (Å²) < 4.78 is 0.849. The lowest BCUT2D eigenvalue weighted by Crippen LogP contribution is -2.47. The number of hydrogen-bond donors (Lipinski definition) is 2. The molecule has 1 aromatic rings. The van der Waals surface area contributed by atoms with Crippen molar-refractivity contribution in [1.29, 1.82) is 0 Å². The third-order valence-electron chi connectivity index (χ3n) is 3.85. The molecule has 1 aliphatic rings. The number of anilines is 1. The van der Waals surface area contributed by atoms with Gasteiger partial charge in [-0.1, -0.05) is 35.8 Å². The lowest BCUT2D eigenvalue weighted by atomic mass is 10.0. The zero-order valence-electron chi connectivity index (χ0n) is 13.0. The molecule has 0 radical (unpaired) electrons. The van der Waals surface area contributed by atoms with Gasteiger partial charge in [-0.15, -0.1) is 0 Å². The van der Waals surface area contributed by atoms with Crippen LogP contribution in [0, 0.1) is 11.8 Å². The molecule has 0 aliphatic carbocycles. The highest BCUT2D eigenvalue weighted by Gasteiger charge is 2.37. The van der Waals surface area contributed by atoms with Gasteiger partial charge in [0.15, 0.2) is 0 Å². The molecule has 1 heterocycles. The van der Waals surface area contributed by atoms with Gasteiger partial charge in [0, 0.05) is 23.1 Å². The highest BCUT2D eigenvalue weighted by atomic mass is 79.9. The van der Waals surface area contributed by atoms with E-state index < -0.39 is 23.8 Å². The van der Waals surface area contributed by atoms with Crippen molar-refractivity contribution >= 4 is 39.4 Å². The van der Waals surface area contributed by atoms with Gasteiger partial charge in [0.2, 0.25) is 11.8 Å². The fraction of sp³-hybridized carbons (Fsp3) is 0.438. The second-order valence-corrected chi connectivity index (χ2v) is 6.87. The van der Waals surface area contributed by atoms with Gasteiger partial charge in [-0.05, 0) is 24.1 Å². The van der Waals surface area contributed by atoms with Crippen LogP contribution in [-0.2, 0) is 14.4 Å². The zero-order chi connectivity index (χ0) is 17.1. The van der Waals surface area contributed by atoms with Gasteiger partial charge in [0.05, 0.1) is 5.92 Å². The van der Waals surface area contributed by atoms with Gasteiger partial charge < -0.3 is 15.3 Å². The minimum atomic E-state index is -1.07. The third-order valence-corrected chi connectivity index (χ3v) is 4.34. The van der Waals surface area contributed by atoms with E-state index in [0.29, 0.717) is 0 Å². The molecule has 1 fully saturated rings. The molecule has 0 bridgehead atoms. The van der Waals surface area contributed by atoms with E-state index in [4.69, 9.17) is 5.11 Å². The average Bonchev–Trinajstić information content (AvgIpc) is 2.86. The van der Waals surface area contributed by atoms with Crippen molar-refractivity contribution in [3.05, 3.63) is 28.7 Å². The van der Waals surface area contributed by atoms with Gasteiger partial charge in [-0.3, -0.25) is 9.59 Å². The normalized spacial score (nSPS) is 19.0. The lowest BCUT2D eigenvalue weighted by molar-refractivity contribution is -0.143. The van der Waals surface area contributed by atoms with Crippen molar-refractivity contribution in [3.63, 3.8) is 0 Å². The number of nitrogens with zero attached hydrogens (tertiary/aromatic N) is 1. The molecule has 1 aliphatic heterocycles. The summed E-state index contributed by atoms with van der Waals surface area (Å²) in [6.07, 6.45) is 0.0861. The van der Waals surface area contributed by atoms with Crippen LogP contribution < -0.4 is 10.2 Å². The molecular weight excluding hydrogens is 364 g/mol. The Labute approximate surface area is 143 Å². The second kappa shape index (κ2) is 7.12. The number of rotatable bonds is 5. The molecular formula is C16H19BrN2O4. The molecule has 124 valence electrons. The number of aliphatic carboxylic acids is 1. The monoisotopic (exact) mass is 382 g/mol. The van der Waals surface area contributed by atoms with Crippen LogP contribution in [0.2, 0.25) is 0 Å². The van der Waals surface area contributed by atoms with Crippen LogP contribution in [0.4, 0.5) is 5.69 Å². The standard InChI is InChI=1S/C16H19BrN2O4/c1-9(2)14(16(22)23)18-15(21)10-6-13(20)19(8-10)12-5-3-4-11(17)7-12/h3-5,7,9-10,14H,6,8H2,1-2H3,(H,18,21)(H,22,23)/t10?,14-/m1/s1. The van der Waals surface area contributed by atoms with E-state index in [1.807, 2.05) is 18.2 Å². The molecule has 1 unspecified atom stereocenters. The van der Waals surface area contributed by atoms with Gasteiger partial charge in [-0.2, -0.15) is 0 Å². The largest absolute Gasteiger partial charge is 0.480 e. The van der Waals surface area contributed by atoms with E-state index >= 15 is 0 Å². The van der Waals surface area contributed by atoms with Crippen LogP contribution >= 0.6 is 15.9 Å².